The van der Waals surface area contributed by atoms with Crippen LogP contribution in [0.2, 0.25) is 0 Å². The van der Waals surface area contributed by atoms with Crippen molar-refractivity contribution in [3.8, 4) is 5.75 Å². The van der Waals surface area contributed by atoms with Gasteiger partial charge in [-0.05, 0) is 19.4 Å². The van der Waals surface area contributed by atoms with Gasteiger partial charge in [-0.3, -0.25) is 19.3 Å². The van der Waals surface area contributed by atoms with Crippen LogP contribution in [0.1, 0.15) is 29.4 Å². The van der Waals surface area contributed by atoms with Crippen LogP contribution in [-0.4, -0.2) is 54.5 Å². The number of hydrogen-bond acceptors (Lipinski definition) is 7. The molecule has 0 radical (unpaired) electrons. The van der Waals surface area contributed by atoms with Crippen LogP contribution in [0.3, 0.4) is 0 Å². The number of ether oxygens (including phenoxy) is 2. The zero-order chi connectivity index (χ0) is 22.4. The molecular weight excluding hydrogens is 400 g/mol. The SMILES string of the molecule is CC(=O)OCC(=O)N1CCN(Cc2cc(=O)c(OCc3cc(C)cc(C)c3)co2)CC1. The average Bonchev–Trinajstić information content (AvgIpc) is 2.71. The van der Waals surface area contributed by atoms with Crippen LogP contribution in [0.4, 0.5) is 0 Å². The Morgan fingerprint density at radius 1 is 1.03 bits per heavy atom. The van der Waals surface area contributed by atoms with Crippen LogP contribution in [0.15, 0.2) is 39.7 Å². The molecule has 166 valence electrons. The van der Waals surface area contributed by atoms with Crippen LogP contribution < -0.4 is 10.2 Å². The summed E-state index contributed by atoms with van der Waals surface area (Å²) < 4.78 is 16.0. The summed E-state index contributed by atoms with van der Waals surface area (Å²) >= 11 is 0. The topological polar surface area (TPSA) is 89.3 Å². The second-order valence-electron chi connectivity index (χ2n) is 7.80. The Morgan fingerprint density at radius 3 is 2.32 bits per heavy atom. The molecule has 0 unspecified atom stereocenters. The van der Waals surface area contributed by atoms with Crippen LogP contribution in [-0.2, 0) is 27.5 Å². The molecule has 0 N–H and O–H groups in total. The van der Waals surface area contributed by atoms with Crippen molar-refractivity contribution in [1.29, 1.82) is 0 Å². The van der Waals surface area contributed by atoms with E-state index in [2.05, 4.69) is 11.0 Å². The van der Waals surface area contributed by atoms with Gasteiger partial charge in [0.1, 0.15) is 18.6 Å². The highest BCUT2D eigenvalue weighted by Crippen LogP contribution is 2.14. The van der Waals surface area contributed by atoms with E-state index >= 15 is 0 Å². The highest BCUT2D eigenvalue weighted by Gasteiger charge is 2.22. The number of benzene rings is 1. The quantitative estimate of drug-likeness (QED) is 0.624. The summed E-state index contributed by atoms with van der Waals surface area (Å²) in [5, 5.41) is 0. The fourth-order valence-corrected chi connectivity index (χ4v) is 3.57. The number of carbonyl (C=O) groups excluding carboxylic acids is 2. The third-order valence-corrected chi connectivity index (χ3v) is 5.03. The van der Waals surface area contributed by atoms with E-state index in [-0.39, 0.29) is 23.7 Å². The molecule has 2 aromatic rings. The molecule has 1 fully saturated rings. The summed E-state index contributed by atoms with van der Waals surface area (Å²) in [5.74, 6) is 0.0577. The molecule has 0 aliphatic carbocycles. The summed E-state index contributed by atoms with van der Waals surface area (Å²) in [4.78, 5) is 39.0. The summed E-state index contributed by atoms with van der Waals surface area (Å²) in [6, 6.07) is 7.59. The maximum atomic E-state index is 12.4. The van der Waals surface area contributed by atoms with Gasteiger partial charge in [-0.1, -0.05) is 29.3 Å². The summed E-state index contributed by atoms with van der Waals surface area (Å²) in [7, 11) is 0. The normalized spacial score (nSPS) is 14.4. The number of carbonyl (C=O) groups is 2. The number of amides is 1. The molecule has 1 aromatic carbocycles. The molecule has 0 saturated carbocycles. The van der Waals surface area contributed by atoms with E-state index in [1.165, 1.54) is 19.3 Å². The minimum absolute atomic E-state index is 0.184. The van der Waals surface area contributed by atoms with Gasteiger partial charge in [0.05, 0.1) is 6.54 Å². The first-order valence-electron chi connectivity index (χ1n) is 10.3. The van der Waals surface area contributed by atoms with Crippen LogP contribution >= 0.6 is 0 Å². The second kappa shape index (κ2) is 10.3. The van der Waals surface area contributed by atoms with Crippen LogP contribution in [0, 0.1) is 13.8 Å². The second-order valence-corrected chi connectivity index (χ2v) is 7.80. The van der Waals surface area contributed by atoms with Crippen molar-refractivity contribution in [3.05, 3.63) is 63.2 Å². The van der Waals surface area contributed by atoms with E-state index in [0.717, 1.165) is 16.7 Å². The average molecular weight is 428 g/mol. The lowest BCUT2D eigenvalue weighted by atomic mass is 10.1. The molecule has 0 atom stereocenters. The molecule has 1 aliphatic rings. The first-order valence-corrected chi connectivity index (χ1v) is 10.3. The molecular formula is C23H28N2O6. The van der Waals surface area contributed by atoms with Crippen molar-refractivity contribution in [2.24, 2.45) is 0 Å². The van der Waals surface area contributed by atoms with E-state index in [9.17, 15) is 14.4 Å². The van der Waals surface area contributed by atoms with Gasteiger partial charge in [-0.25, -0.2) is 0 Å². The molecule has 1 aliphatic heterocycles. The molecule has 1 amide bonds. The highest BCUT2D eigenvalue weighted by molar-refractivity contribution is 5.80. The molecule has 1 saturated heterocycles. The van der Waals surface area contributed by atoms with Crippen molar-refractivity contribution < 1.29 is 23.5 Å². The monoisotopic (exact) mass is 428 g/mol. The minimum Gasteiger partial charge on any atom is -0.482 e. The summed E-state index contributed by atoms with van der Waals surface area (Å²) in [5.41, 5.74) is 3.08. The number of hydrogen-bond donors (Lipinski definition) is 0. The molecule has 3 rings (SSSR count). The number of aryl methyl sites for hydroxylation is 2. The maximum absolute atomic E-state index is 12.4. The Balaban J connectivity index is 1.50. The van der Waals surface area contributed by atoms with Gasteiger partial charge in [0.2, 0.25) is 11.2 Å². The largest absolute Gasteiger partial charge is 0.482 e. The first-order chi connectivity index (χ1) is 14.8. The lowest BCUT2D eigenvalue weighted by Crippen LogP contribution is -2.49. The van der Waals surface area contributed by atoms with Gasteiger partial charge in [-0.15, -0.1) is 0 Å². The van der Waals surface area contributed by atoms with E-state index < -0.39 is 5.97 Å². The first kappa shape index (κ1) is 22.6. The van der Waals surface area contributed by atoms with E-state index in [4.69, 9.17) is 13.9 Å². The Bertz CT molecular complexity index is 972. The maximum Gasteiger partial charge on any atom is 0.303 e. The fraction of sp³-hybridized carbons (Fsp3) is 0.435. The van der Waals surface area contributed by atoms with Crippen LogP contribution in [0.5, 0.6) is 5.75 Å². The zero-order valence-corrected chi connectivity index (χ0v) is 18.2. The van der Waals surface area contributed by atoms with Crippen LogP contribution in [0.25, 0.3) is 0 Å². The number of esters is 1. The zero-order valence-electron chi connectivity index (χ0n) is 18.2. The lowest BCUT2D eigenvalue weighted by molar-refractivity contribution is -0.151. The number of piperazine rings is 1. The van der Waals surface area contributed by atoms with Gasteiger partial charge >= 0.3 is 5.97 Å². The van der Waals surface area contributed by atoms with Crippen molar-refractivity contribution in [2.45, 2.75) is 33.9 Å². The molecule has 0 spiro atoms. The van der Waals surface area contributed by atoms with Crippen molar-refractivity contribution in [3.63, 3.8) is 0 Å². The van der Waals surface area contributed by atoms with Gasteiger partial charge in [-0.2, -0.15) is 0 Å². The summed E-state index contributed by atoms with van der Waals surface area (Å²) in [6.45, 7) is 8.20. The Morgan fingerprint density at radius 2 is 1.71 bits per heavy atom. The smallest absolute Gasteiger partial charge is 0.303 e. The predicted octanol–water partition coefficient (Wildman–Crippen LogP) is 2.04. The third kappa shape index (κ3) is 6.68. The van der Waals surface area contributed by atoms with Crippen molar-refractivity contribution in [1.82, 2.24) is 9.80 Å². The standard InChI is InChI=1S/C23H28N2O6/c1-16-8-17(2)10-19(9-16)13-31-22-14-30-20(11-21(22)27)12-24-4-6-25(7-5-24)23(28)15-29-18(3)26/h8-11,14H,4-7,12-13,15H2,1-3H3. The van der Waals surface area contributed by atoms with Gasteiger partial charge in [0.15, 0.2) is 6.61 Å². The fourth-order valence-electron chi connectivity index (χ4n) is 3.57. The van der Waals surface area contributed by atoms with Crippen molar-refractivity contribution in [2.75, 3.05) is 32.8 Å². The number of nitrogens with zero attached hydrogens (tertiary/aromatic N) is 2. The lowest BCUT2D eigenvalue weighted by Gasteiger charge is -2.34. The molecule has 31 heavy (non-hydrogen) atoms. The predicted molar refractivity (Wildman–Crippen MR) is 114 cm³/mol. The molecule has 2 heterocycles. The molecule has 8 nitrogen and oxygen atoms in total. The highest BCUT2D eigenvalue weighted by atomic mass is 16.5. The third-order valence-electron chi connectivity index (χ3n) is 5.03. The van der Waals surface area contributed by atoms with Gasteiger partial charge in [0, 0.05) is 39.2 Å². The van der Waals surface area contributed by atoms with E-state index in [1.807, 2.05) is 26.0 Å². The molecule has 1 aromatic heterocycles. The number of rotatable bonds is 7. The van der Waals surface area contributed by atoms with E-state index in [1.54, 1.807) is 4.90 Å². The summed E-state index contributed by atoms with van der Waals surface area (Å²) in [6.07, 6.45) is 1.36. The minimum atomic E-state index is -0.469. The Kier molecular flexibility index (Phi) is 7.46. The molecule has 0 bridgehead atoms. The molecule has 8 heteroatoms. The Hall–Kier alpha value is -3.13. The van der Waals surface area contributed by atoms with Gasteiger partial charge < -0.3 is 18.8 Å². The van der Waals surface area contributed by atoms with E-state index in [0.29, 0.717) is 45.1 Å². The Labute approximate surface area is 181 Å². The van der Waals surface area contributed by atoms with Gasteiger partial charge in [0.25, 0.3) is 5.91 Å². The van der Waals surface area contributed by atoms with Crippen molar-refractivity contribution >= 4 is 11.9 Å².